The summed E-state index contributed by atoms with van der Waals surface area (Å²) in [4.78, 5) is 0. The van der Waals surface area contributed by atoms with Gasteiger partial charge in [-0.05, 0) is 50.6 Å². The Kier molecular flexibility index (Phi) is 4.75. The molecule has 1 saturated carbocycles. The Morgan fingerprint density at radius 1 is 1.39 bits per heavy atom. The molecule has 4 heteroatoms. The van der Waals surface area contributed by atoms with Gasteiger partial charge >= 0.3 is 0 Å². The highest BCUT2D eigenvalue weighted by molar-refractivity contribution is 4.96. The van der Waals surface area contributed by atoms with Crippen molar-refractivity contribution in [3.63, 3.8) is 0 Å². The van der Waals surface area contributed by atoms with Crippen LogP contribution in [0.2, 0.25) is 0 Å². The van der Waals surface area contributed by atoms with Crippen molar-refractivity contribution in [2.45, 2.75) is 39.0 Å². The van der Waals surface area contributed by atoms with E-state index in [1.807, 2.05) is 11.7 Å². The largest absolute Gasteiger partial charge is 0.319 e. The van der Waals surface area contributed by atoms with Gasteiger partial charge in [0.15, 0.2) is 0 Å². The second-order valence-corrected chi connectivity index (χ2v) is 5.75. The van der Waals surface area contributed by atoms with E-state index in [1.165, 1.54) is 25.7 Å². The molecule has 4 nitrogen and oxygen atoms in total. The summed E-state index contributed by atoms with van der Waals surface area (Å²) in [6.45, 7) is 3.46. The Balaban J connectivity index is 2.00. The third-order valence-electron chi connectivity index (χ3n) is 4.41. The minimum atomic E-state index is 0.771. The summed E-state index contributed by atoms with van der Waals surface area (Å²) in [5.41, 5.74) is 1.15. The summed E-state index contributed by atoms with van der Waals surface area (Å²) in [7, 11) is 4.00. The first kappa shape index (κ1) is 13.5. The van der Waals surface area contributed by atoms with Crippen LogP contribution in [0.3, 0.4) is 0 Å². The lowest BCUT2D eigenvalue weighted by molar-refractivity contribution is 0.172. The molecule has 1 aliphatic carbocycles. The first-order valence-corrected chi connectivity index (χ1v) is 7.22. The van der Waals surface area contributed by atoms with E-state index in [2.05, 4.69) is 35.8 Å². The Morgan fingerprint density at radius 2 is 2.22 bits per heavy atom. The maximum Gasteiger partial charge on any atom is 0.0829 e. The van der Waals surface area contributed by atoms with Gasteiger partial charge < -0.3 is 5.32 Å². The van der Waals surface area contributed by atoms with Gasteiger partial charge in [-0.25, -0.2) is 0 Å². The maximum atomic E-state index is 4.25. The molecule has 1 aromatic rings. The van der Waals surface area contributed by atoms with Crippen LogP contribution in [0.5, 0.6) is 0 Å². The average molecular weight is 250 g/mol. The van der Waals surface area contributed by atoms with Gasteiger partial charge in [-0.3, -0.25) is 4.68 Å². The van der Waals surface area contributed by atoms with E-state index < -0.39 is 0 Å². The standard InChI is InChI=1S/C14H26N4/c1-4-11-5-6-12(9-15-2)13(7-11)8-14-10-18(3)17-16-14/h10-13,15H,4-9H2,1-3H3. The second-order valence-electron chi connectivity index (χ2n) is 5.75. The zero-order chi connectivity index (χ0) is 13.0. The normalized spacial score (nSPS) is 28.5. The van der Waals surface area contributed by atoms with Gasteiger partial charge in [-0.2, -0.15) is 0 Å². The topological polar surface area (TPSA) is 42.7 Å². The van der Waals surface area contributed by atoms with E-state index in [1.54, 1.807) is 0 Å². The van der Waals surface area contributed by atoms with Crippen molar-refractivity contribution in [1.29, 1.82) is 0 Å². The van der Waals surface area contributed by atoms with E-state index in [0.717, 1.165) is 36.4 Å². The second kappa shape index (κ2) is 6.32. The van der Waals surface area contributed by atoms with Crippen LogP contribution in [-0.4, -0.2) is 28.6 Å². The van der Waals surface area contributed by atoms with E-state index in [0.29, 0.717) is 0 Å². The van der Waals surface area contributed by atoms with Crippen molar-refractivity contribution in [3.05, 3.63) is 11.9 Å². The molecule has 102 valence electrons. The molecule has 18 heavy (non-hydrogen) atoms. The van der Waals surface area contributed by atoms with Crippen molar-refractivity contribution in [3.8, 4) is 0 Å². The number of hydrogen-bond acceptors (Lipinski definition) is 3. The van der Waals surface area contributed by atoms with Gasteiger partial charge in [0.25, 0.3) is 0 Å². The molecule has 1 aromatic heterocycles. The minimum absolute atomic E-state index is 0.771. The fraction of sp³-hybridized carbons (Fsp3) is 0.857. The fourth-order valence-corrected chi connectivity index (χ4v) is 3.33. The van der Waals surface area contributed by atoms with E-state index >= 15 is 0 Å². The smallest absolute Gasteiger partial charge is 0.0829 e. The van der Waals surface area contributed by atoms with Crippen LogP contribution in [0.25, 0.3) is 0 Å². The van der Waals surface area contributed by atoms with E-state index in [-0.39, 0.29) is 0 Å². The van der Waals surface area contributed by atoms with Gasteiger partial charge in [0.1, 0.15) is 0 Å². The highest BCUT2D eigenvalue weighted by Crippen LogP contribution is 2.36. The van der Waals surface area contributed by atoms with Crippen molar-refractivity contribution < 1.29 is 0 Å². The number of aromatic nitrogens is 3. The molecule has 1 fully saturated rings. The Bertz CT molecular complexity index is 360. The van der Waals surface area contributed by atoms with Gasteiger partial charge in [0.2, 0.25) is 0 Å². The number of rotatable bonds is 5. The summed E-state index contributed by atoms with van der Waals surface area (Å²) in [6.07, 6.45) is 8.61. The molecule has 0 aliphatic heterocycles. The molecule has 1 N–H and O–H groups in total. The molecule has 0 spiro atoms. The zero-order valence-corrected chi connectivity index (χ0v) is 11.9. The van der Waals surface area contributed by atoms with Gasteiger partial charge in [0, 0.05) is 13.2 Å². The summed E-state index contributed by atoms with van der Waals surface area (Å²) in [5.74, 6) is 2.49. The predicted octanol–water partition coefficient (Wildman–Crippen LogP) is 2.02. The Hall–Kier alpha value is -0.900. The van der Waals surface area contributed by atoms with Crippen LogP contribution >= 0.6 is 0 Å². The van der Waals surface area contributed by atoms with Crippen LogP contribution in [-0.2, 0) is 13.5 Å². The lowest BCUT2D eigenvalue weighted by Crippen LogP contribution is -2.33. The monoisotopic (exact) mass is 250 g/mol. The van der Waals surface area contributed by atoms with Crippen molar-refractivity contribution in [2.24, 2.45) is 24.8 Å². The van der Waals surface area contributed by atoms with E-state index in [4.69, 9.17) is 0 Å². The SMILES string of the molecule is CCC1CCC(CNC)C(Cc2cn(C)nn2)C1. The molecular formula is C14H26N4. The first-order valence-electron chi connectivity index (χ1n) is 7.22. The van der Waals surface area contributed by atoms with Gasteiger partial charge in [-0.1, -0.05) is 25.0 Å². The van der Waals surface area contributed by atoms with Crippen LogP contribution in [0, 0.1) is 17.8 Å². The molecule has 3 unspecified atom stereocenters. The average Bonchev–Trinajstić information content (AvgIpc) is 2.77. The maximum absolute atomic E-state index is 4.25. The molecule has 3 atom stereocenters. The minimum Gasteiger partial charge on any atom is -0.319 e. The van der Waals surface area contributed by atoms with Crippen molar-refractivity contribution in [2.75, 3.05) is 13.6 Å². The lowest BCUT2D eigenvalue weighted by atomic mass is 9.71. The summed E-state index contributed by atoms with van der Waals surface area (Å²) in [5, 5.41) is 11.6. The lowest BCUT2D eigenvalue weighted by Gasteiger charge is -2.35. The van der Waals surface area contributed by atoms with Crippen LogP contribution < -0.4 is 5.32 Å². The fourth-order valence-electron chi connectivity index (χ4n) is 3.33. The Labute approximate surface area is 110 Å². The van der Waals surface area contributed by atoms with Crippen molar-refractivity contribution >= 4 is 0 Å². The first-order chi connectivity index (χ1) is 8.72. The zero-order valence-electron chi connectivity index (χ0n) is 11.9. The van der Waals surface area contributed by atoms with E-state index in [9.17, 15) is 0 Å². The molecule has 2 rings (SSSR count). The highest BCUT2D eigenvalue weighted by Gasteiger charge is 2.29. The number of aryl methyl sites for hydroxylation is 1. The van der Waals surface area contributed by atoms with Crippen LogP contribution in [0.4, 0.5) is 0 Å². The predicted molar refractivity (Wildman–Crippen MR) is 73.2 cm³/mol. The number of nitrogens with zero attached hydrogens (tertiary/aromatic N) is 3. The van der Waals surface area contributed by atoms with Crippen LogP contribution in [0.15, 0.2) is 6.20 Å². The summed E-state index contributed by atoms with van der Waals surface area (Å²) >= 11 is 0. The highest BCUT2D eigenvalue weighted by atomic mass is 15.4. The molecule has 0 radical (unpaired) electrons. The molecule has 0 saturated heterocycles. The summed E-state index contributed by atoms with van der Waals surface area (Å²) < 4.78 is 1.81. The van der Waals surface area contributed by atoms with Gasteiger partial charge in [0.05, 0.1) is 5.69 Å². The third kappa shape index (κ3) is 3.31. The quantitative estimate of drug-likeness (QED) is 0.869. The van der Waals surface area contributed by atoms with Crippen molar-refractivity contribution in [1.82, 2.24) is 20.3 Å². The third-order valence-corrected chi connectivity index (χ3v) is 4.41. The molecule has 0 bridgehead atoms. The molecule has 1 heterocycles. The Morgan fingerprint density at radius 3 is 2.83 bits per heavy atom. The van der Waals surface area contributed by atoms with Crippen LogP contribution in [0.1, 0.15) is 38.3 Å². The van der Waals surface area contributed by atoms with Gasteiger partial charge in [-0.15, -0.1) is 5.10 Å². The molecule has 1 aliphatic rings. The summed E-state index contributed by atoms with van der Waals surface area (Å²) in [6, 6.07) is 0. The molecule has 0 amide bonds. The molecule has 0 aromatic carbocycles. The molecular weight excluding hydrogens is 224 g/mol. The number of nitrogens with one attached hydrogen (secondary N) is 1. The number of hydrogen-bond donors (Lipinski definition) is 1.